The normalized spacial score (nSPS) is 16.1. The number of aromatic nitrogens is 3. The first-order valence-electron chi connectivity index (χ1n) is 12.4. The number of pyridine rings is 1. The molecule has 0 radical (unpaired) electrons. The molecule has 196 valence electrons. The van der Waals surface area contributed by atoms with Gasteiger partial charge in [0.1, 0.15) is 11.7 Å². The predicted octanol–water partition coefficient (Wildman–Crippen LogP) is 3.26. The molecule has 2 heterocycles. The topological polar surface area (TPSA) is 122 Å². The molecule has 1 aliphatic carbocycles. The Balaban J connectivity index is 1.89. The minimum absolute atomic E-state index is 0.106. The van der Waals surface area contributed by atoms with E-state index >= 15 is 0 Å². The lowest BCUT2D eigenvalue weighted by molar-refractivity contribution is -0.129. The first-order valence-corrected chi connectivity index (χ1v) is 13.4. The average molecular weight is 517 g/mol. The number of hydrogen-bond acceptors (Lipinski definition) is 9. The molecular weight excluding hydrogens is 480 g/mol. The Labute approximate surface area is 216 Å². The van der Waals surface area contributed by atoms with Gasteiger partial charge in [0.15, 0.2) is 0 Å². The van der Waals surface area contributed by atoms with Gasteiger partial charge in [0.05, 0.1) is 0 Å². The smallest absolute Gasteiger partial charge is 0.286 e. The van der Waals surface area contributed by atoms with E-state index in [-0.39, 0.29) is 17.7 Å². The minimum atomic E-state index is -0.987. The number of nitrogens with zero attached hydrogens (tertiary/aromatic N) is 5. The van der Waals surface area contributed by atoms with Crippen molar-refractivity contribution in [1.29, 1.82) is 0 Å². The molecule has 0 spiro atoms. The highest BCUT2D eigenvalue weighted by Crippen LogP contribution is 2.34. The molecule has 1 aliphatic rings. The van der Waals surface area contributed by atoms with E-state index in [0.717, 1.165) is 31.6 Å². The second kappa shape index (κ2) is 13.0. The van der Waals surface area contributed by atoms with Crippen molar-refractivity contribution in [1.82, 2.24) is 30.3 Å². The van der Waals surface area contributed by atoms with Crippen LogP contribution in [0, 0.1) is 5.92 Å². The van der Waals surface area contributed by atoms with E-state index in [2.05, 4.69) is 20.5 Å². The second-order valence-electron chi connectivity index (χ2n) is 9.83. The third kappa shape index (κ3) is 7.13. The van der Waals surface area contributed by atoms with Gasteiger partial charge in [0, 0.05) is 30.3 Å². The molecule has 0 aliphatic heterocycles. The molecule has 1 saturated carbocycles. The minimum Gasteiger partial charge on any atom is -0.408 e. The lowest BCUT2D eigenvalue weighted by atomic mass is 9.84. The number of carbonyl (C=O) groups is 3. The zero-order valence-electron chi connectivity index (χ0n) is 21.5. The fraction of sp³-hybridized carbons (Fsp3) is 0.600. The molecule has 1 fully saturated rings. The number of amides is 2. The van der Waals surface area contributed by atoms with Crippen LogP contribution in [-0.4, -0.2) is 81.2 Å². The summed E-state index contributed by atoms with van der Waals surface area (Å²) in [4.78, 5) is 47.0. The van der Waals surface area contributed by atoms with Crippen molar-refractivity contribution in [3.63, 3.8) is 0 Å². The third-order valence-corrected chi connectivity index (χ3v) is 7.09. The summed E-state index contributed by atoms with van der Waals surface area (Å²) in [5.74, 6) is 0.00858. The monoisotopic (exact) mass is 516 g/mol. The third-order valence-electron chi connectivity index (χ3n) is 6.29. The quantitative estimate of drug-likeness (QED) is 0.185. The predicted molar refractivity (Wildman–Crippen MR) is 137 cm³/mol. The molecule has 2 aromatic heterocycles. The Morgan fingerprint density at radius 2 is 1.86 bits per heavy atom. The summed E-state index contributed by atoms with van der Waals surface area (Å²) >= 11 is 1.38. The fourth-order valence-corrected chi connectivity index (χ4v) is 5.33. The maximum absolute atomic E-state index is 13.7. The number of nitrogens with one attached hydrogen (secondary N) is 1. The zero-order valence-corrected chi connectivity index (χ0v) is 22.3. The number of ketones is 1. The van der Waals surface area contributed by atoms with E-state index in [1.54, 1.807) is 24.5 Å². The first kappa shape index (κ1) is 27.8. The molecule has 10 nitrogen and oxygen atoms in total. The summed E-state index contributed by atoms with van der Waals surface area (Å²) in [6, 6.07) is 2.40. The van der Waals surface area contributed by atoms with Gasteiger partial charge in [-0.05, 0) is 64.3 Å². The molecule has 0 bridgehead atoms. The highest BCUT2D eigenvalue weighted by Gasteiger charge is 2.45. The molecular formula is C25H36N6O4S. The summed E-state index contributed by atoms with van der Waals surface area (Å²) in [7, 11) is 3.95. The number of thioether (sulfide) groups is 1. The van der Waals surface area contributed by atoms with Crippen LogP contribution in [-0.2, 0) is 4.79 Å². The van der Waals surface area contributed by atoms with Gasteiger partial charge in [-0.3, -0.25) is 19.4 Å². The van der Waals surface area contributed by atoms with Gasteiger partial charge >= 0.3 is 0 Å². The number of Topliss-reactive ketones (excluding diaryl/α,β-unsaturated/α-hetero) is 1. The maximum Gasteiger partial charge on any atom is 0.286 e. The number of rotatable bonds is 13. The molecule has 2 amide bonds. The average Bonchev–Trinajstić information content (AvgIpc) is 3.33. The molecule has 11 heteroatoms. The molecule has 1 N–H and O–H groups in total. The van der Waals surface area contributed by atoms with Gasteiger partial charge in [0.25, 0.3) is 17.0 Å². The Hall–Kier alpha value is -2.79. The van der Waals surface area contributed by atoms with E-state index in [1.165, 1.54) is 16.7 Å². The highest BCUT2D eigenvalue weighted by atomic mass is 32.2. The van der Waals surface area contributed by atoms with Crippen molar-refractivity contribution in [3.05, 3.63) is 36.0 Å². The maximum atomic E-state index is 13.7. The molecule has 36 heavy (non-hydrogen) atoms. The molecule has 2 aromatic rings. The van der Waals surface area contributed by atoms with Crippen LogP contribution in [0.2, 0.25) is 0 Å². The summed E-state index contributed by atoms with van der Waals surface area (Å²) < 4.78 is 5.69. The van der Waals surface area contributed by atoms with Crippen molar-refractivity contribution in [2.24, 2.45) is 5.92 Å². The summed E-state index contributed by atoms with van der Waals surface area (Å²) in [5.41, 5.74) is -0.539. The highest BCUT2D eigenvalue weighted by molar-refractivity contribution is 7.99. The van der Waals surface area contributed by atoms with Crippen molar-refractivity contribution in [2.45, 2.75) is 69.3 Å². The summed E-state index contributed by atoms with van der Waals surface area (Å²) in [6.07, 6.45) is 7.96. The van der Waals surface area contributed by atoms with Gasteiger partial charge in [0.2, 0.25) is 12.2 Å². The largest absolute Gasteiger partial charge is 0.408 e. The van der Waals surface area contributed by atoms with Crippen LogP contribution in [0.15, 0.2) is 34.2 Å². The Morgan fingerprint density at radius 1 is 1.17 bits per heavy atom. The van der Waals surface area contributed by atoms with Crippen molar-refractivity contribution in [3.8, 4) is 0 Å². The van der Waals surface area contributed by atoms with Crippen LogP contribution in [0.3, 0.4) is 0 Å². The van der Waals surface area contributed by atoms with Crippen molar-refractivity contribution < 1.29 is 18.8 Å². The van der Waals surface area contributed by atoms with E-state index in [9.17, 15) is 14.4 Å². The van der Waals surface area contributed by atoms with E-state index in [4.69, 9.17) is 4.42 Å². The standard InChI is InChI=1S/C25H36N6O4S/c1-18(2)16-20(21(33)23-28-29-24(35-23)36-15-14-30(3)4)31(17-32)25(10-6-5-7-11-25)27-22(34)19-8-12-26-13-9-19/h8-9,12-13,17-18,20H,5-7,10-11,14-16H2,1-4H3,(H,27,34). The van der Waals surface area contributed by atoms with E-state index in [1.807, 2.05) is 32.8 Å². The molecule has 1 atom stereocenters. The van der Waals surface area contributed by atoms with Crippen molar-refractivity contribution in [2.75, 3.05) is 26.4 Å². The van der Waals surface area contributed by atoms with Gasteiger partial charge < -0.3 is 19.5 Å². The van der Waals surface area contributed by atoms with Gasteiger partial charge in [-0.15, -0.1) is 10.2 Å². The zero-order chi connectivity index (χ0) is 26.1. The van der Waals surface area contributed by atoms with Crippen LogP contribution in [0.5, 0.6) is 0 Å². The summed E-state index contributed by atoms with van der Waals surface area (Å²) in [5, 5.41) is 11.4. The van der Waals surface area contributed by atoms with E-state index < -0.39 is 17.5 Å². The van der Waals surface area contributed by atoms with Crippen molar-refractivity contribution >= 4 is 29.9 Å². The Bertz CT molecular complexity index is 1010. The van der Waals surface area contributed by atoms with Crippen LogP contribution in [0.1, 0.15) is 73.4 Å². The Kier molecular flexibility index (Phi) is 10.0. The van der Waals surface area contributed by atoms with Crippen LogP contribution in [0.25, 0.3) is 0 Å². The van der Waals surface area contributed by atoms with Crippen LogP contribution in [0.4, 0.5) is 0 Å². The number of carbonyl (C=O) groups excluding carboxylic acids is 3. The molecule has 0 aromatic carbocycles. The Morgan fingerprint density at radius 3 is 2.47 bits per heavy atom. The second-order valence-corrected chi connectivity index (χ2v) is 10.9. The molecule has 0 saturated heterocycles. The lowest BCUT2D eigenvalue weighted by Crippen LogP contribution is -2.65. The fourth-order valence-electron chi connectivity index (χ4n) is 4.46. The lowest BCUT2D eigenvalue weighted by Gasteiger charge is -2.48. The molecule has 1 unspecified atom stereocenters. The van der Waals surface area contributed by atoms with Gasteiger partial charge in [-0.2, -0.15) is 0 Å². The summed E-state index contributed by atoms with van der Waals surface area (Å²) in [6.45, 7) is 4.80. The van der Waals surface area contributed by atoms with Crippen LogP contribution >= 0.6 is 11.8 Å². The van der Waals surface area contributed by atoms with Gasteiger partial charge in [-0.1, -0.05) is 32.0 Å². The molecule has 3 rings (SSSR count). The first-order chi connectivity index (χ1) is 17.3. The van der Waals surface area contributed by atoms with Crippen LogP contribution < -0.4 is 5.32 Å². The number of hydrogen-bond donors (Lipinski definition) is 1. The van der Waals surface area contributed by atoms with Gasteiger partial charge in [-0.25, -0.2) is 0 Å². The SMILES string of the molecule is CC(C)CC(C(=O)c1nnc(SCCN(C)C)o1)N(C=O)C1(NC(=O)c2ccncc2)CCCCC1. The van der Waals surface area contributed by atoms with E-state index in [0.29, 0.717) is 36.5 Å².